The summed E-state index contributed by atoms with van der Waals surface area (Å²) in [6.45, 7) is 27.1. The summed E-state index contributed by atoms with van der Waals surface area (Å²) >= 11 is 29.8. The van der Waals surface area contributed by atoms with E-state index in [4.69, 9.17) is 55.3 Å². The number of aromatic nitrogens is 12. The van der Waals surface area contributed by atoms with Crippen molar-refractivity contribution in [1.29, 1.82) is 0 Å². The van der Waals surface area contributed by atoms with Gasteiger partial charge in [-0.05, 0) is 111 Å². The van der Waals surface area contributed by atoms with E-state index in [9.17, 15) is 4.39 Å². The first-order valence-corrected chi connectivity index (χ1v) is 27.0. The van der Waals surface area contributed by atoms with Crippen molar-refractivity contribution in [3.8, 4) is 0 Å². The van der Waals surface area contributed by atoms with Crippen LogP contribution in [-0.2, 0) is 13.5 Å². The molecular formula is C47H59Cl4FN12O3S5. The molecule has 10 aromatic rings. The Kier molecular flexibility index (Phi) is 33.5. The van der Waals surface area contributed by atoms with Crippen molar-refractivity contribution in [2.24, 2.45) is 7.05 Å². The molecule has 0 saturated carbocycles. The summed E-state index contributed by atoms with van der Waals surface area (Å²) < 4.78 is 29.9. The maximum absolute atomic E-state index is 12.0. The lowest BCUT2D eigenvalue weighted by atomic mass is 10.3. The van der Waals surface area contributed by atoms with Gasteiger partial charge in [0.15, 0.2) is 13.4 Å². The molecule has 0 aliphatic rings. The van der Waals surface area contributed by atoms with Crippen LogP contribution >= 0.6 is 103 Å². The van der Waals surface area contributed by atoms with E-state index >= 15 is 0 Å². The Bertz CT molecular complexity index is 2470. The van der Waals surface area contributed by atoms with Crippen molar-refractivity contribution >= 4 is 103 Å². The zero-order valence-corrected chi connectivity index (χ0v) is 49.8. The van der Waals surface area contributed by atoms with E-state index in [0.717, 1.165) is 45.5 Å². The second-order valence-corrected chi connectivity index (χ2v) is 22.2. The minimum Gasteiger partial charge on any atom is -0.436 e. The minimum atomic E-state index is -0.421. The van der Waals surface area contributed by atoms with Crippen LogP contribution in [0.15, 0.2) is 85.9 Å². The lowest BCUT2D eigenvalue weighted by molar-refractivity contribution is 0.393. The van der Waals surface area contributed by atoms with E-state index in [2.05, 4.69) is 73.6 Å². The van der Waals surface area contributed by atoms with E-state index < -0.39 is 5.95 Å². The van der Waals surface area contributed by atoms with E-state index in [1.165, 1.54) is 66.3 Å². The van der Waals surface area contributed by atoms with Crippen molar-refractivity contribution in [2.75, 3.05) is 0 Å². The molecule has 0 N–H and O–H groups in total. The van der Waals surface area contributed by atoms with Gasteiger partial charge in [0.25, 0.3) is 5.35 Å². The number of aryl methyl sites for hydroxylation is 15. The van der Waals surface area contributed by atoms with Gasteiger partial charge in [0.05, 0.1) is 33.8 Å². The SMILES string of the molecule is CCc1cnc(Cl)s1.Cc1cc(C)on1.Cc1ccc(F)nc1.Cc1cnc(C)s1.Cc1cncs1.Cc1cnn(C)c1.Cc1coc(Cl)n1.Cc1csc(Cl)n1.Cc1nc(Cl)sc1C.Cc1nnc(C)o1. The predicted molar refractivity (Wildman–Crippen MR) is 296 cm³/mol. The van der Waals surface area contributed by atoms with E-state index in [0.29, 0.717) is 25.2 Å². The molecule has 0 unspecified atom stereocenters. The van der Waals surface area contributed by atoms with Crippen LogP contribution in [0, 0.1) is 96.0 Å². The van der Waals surface area contributed by atoms with Crippen LogP contribution in [0.5, 0.6) is 0 Å². The van der Waals surface area contributed by atoms with Crippen molar-refractivity contribution in [2.45, 2.75) is 103 Å². The molecule has 0 aliphatic heterocycles. The summed E-state index contributed by atoms with van der Waals surface area (Å²) in [6, 6.07) is 4.91. The molecule has 0 saturated heterocycles. The molecular weight excluding hydrogens is 1100 g/mol. The fourth-order valence-electron chi connectivity index (χ4n) is 4.16. The number of halogens is 5. The molecule has 0 bridgehead atoms. The number of oxazole rings is 1. The Labute approximate surface area is 461 Å². The molecule has 0 fully saturated rings. The first-order chi connectivity index (χ1) is 33.9. The third-order valence-corrected chi connectivity index (χ3v) is 12.7. The van der Waals surface area contributed by atoms with Gasteiger partial charge in [0, 0.05) is 88.5 Å². The van der Waals surface area contributed by atoms with Crippen LogP contribution in [-0.4, -0.2) is 60.0 Å². The smallest absolute Gasteiger partial charge is 0.292 e. The number of nitrogens with zero attached hydrogens (tertiary/aromatic N) is 12. The molecule has 15 nitrogen and oxygen atoms in total. The average Bonchev–Trinajstić information content (AvgIpc) is 4.20. The minimum absolute atomic E-state index is 0.206. The molecule has 10 rings (SSSR count). The summed E-state index contributed by atoms with van der Waals surface area (Å²) in [5, 5.41) is 18.0. The van der Waals surface area contributed by atoms with E-state index in [1.807, 2.05) is 124 Å². The average molecular weight is 1160 g/mol. The van der Waals surface area contributed by atoms with Gasteiger partial charge in [-0.2, -0.15) is 9.49 Å². The van der Waals surface area contributed by atoms with Crippen LogP contribution in [0.4, 0.5) is 4.39 Å². The van der Waals surface area contributed by atoms with Crippen LogP contribution in [0.2, 0.25) is 18.8 Å². The van der Waals surface area contributed by atoms with Gasteiger partial charge in [-0.15, -0.1) is 66.9 Å². The fourth-order valence-corrected chi connectivity index (χ4v) is 8.23. The molecule has 10 aromatic heterocycles. The summed E-state index contributed by atoms with van der Waals surface area (Å²) in [5.41, 5.74) is 7.81. The van der Waals surface area contributed by atoms with Crippen molar-refractivity contribution in [1.82, 2.24) is 60.0 Å². The Hall–Kier alpha value is -4.84. The predicted octanol–water partition coefficient (Wildman–Crippen LogP) is 16.0. The largest absolute Gasteiger partial charge is 0.436 e. The molecule has 0 radical (unpaired) electrons. The summed E-state index contributed by atoms with van der Waals surface area (Å²) in [7, 11) is 1.91. The first kappa shape index (κ1) is 65.2. The van der Waals surface area contributed by atoms with Crippen LogP contribution < -0.4 is 0 Å². The zero-order chi connectivity index (χ0) is 54.2. The lowest BCUT2D eigenvalue weighted by Crippen LogP contribution is -1.83. The van der Waals surface area contributed by atoms with Gasteiger partial charge < -0.3 is 13.4 Å². The summed E-state index contributed by atoms with van der Waals surface area (Å²) in [4.78, 5) is 31.8. The standard InChI is InChI=1S/C6H6FN.2C5H6ClNS.C5H8N2.C5H7NO.C5H7NS.C4H4ClNO.C4H4ClNS.C4H6N2O.C4H5NS/c1-5-2-3-6(7)8-4-5;1-3-4(2)8-5(6)7-3;1-2-4-3-7-5(6)8-4;1-5-3-6-7(2)4-5;1-4-3-5(2)7-6-4;1-4-3-6-5(2)7-4;2*1-3-2-7-4(5)6-3;1-3-5-6-4(2)7-3;1-4-2-5-3-6-4/h2-4H,1H3;1-2H3;3H,2H2,1H3;3-4H,1-2H3;2*3H,1-2H3;2*2H,1H3;1-2H3;2-3H,1H3. The highest BCUT2D eigenvalue weighted by Gasteiger charge is 1.98. The van der Waals surface area contributed by atoms with Gasteiger partial charge >= 0.3 is 0 Å². The molecule has 0 atom stereocenters. The van der Waals surface area contributed by atoms with Gasteiger partial charge in [0.1, 0.15) is 12.0 Å². The van der Waals surface area contributed by atoms with Gasteiger partial charge in [0.2, 0.25) is 17.7 Å². The molecule has 0 aromatic carbocycles. The summed E-state index contributed by atoms with van der Waals surface area (Å²) in [6.07, 6.45) is 13.4. The third-order valence-electron chi connectivity index (χ3n) is 7.43. The maximum atomic E-state index is 12.0. The maximum Gasteiger partial charge on any atom is 0.292 e. The second-order valence-electron chi connectivity index (χ2n) is 14.4. The first-order valence-electron chi connectivity index (χ1n) is 21.2. The van der Waals surface area contributed by atoms with E-state index in [1.54, 1.807) is 58.6 Å². The zero-order valence-electron chi connectivity index (χ0n) is 42.7. The highest BCUT2D eigenvalue weighted by atomic mass is 35.5. The number of rotatable bonds is 1. The quantitative estimate of drug-likeness (QED) is 0.141. The highest BCUT2D eigenvalue weighted by molar-refractivity contribution is 7.16. The summed E-state index contributed by atoms with van der Waals surface area (Å²) in [5.74, 6) is 1.70. The molecule has 0 aliphatic carbocycles. The molecule has 72 heavy (non-hydrogen) atoms. The Morgan fingerprint density at radius 3 is 1.53 bits per heavy atom. The van der Waals surface area contributed by atoms with Crippen LogP contribution in [0.3, 0.4) is 0 Å². The molecule has 390 valence electrons. The molecule has 10 heterocycles. The molecule has 25 heteroatoms. The number of thiazole rings is 5. The van der Waals surface area contributed by atoms with Crippen LogP contribution in [0.25, 0.3) is 0 Å². The number of pyridine rings is 1. The Morgan fingerprint density at radius 2 is 1.35 bits per heavy atom. The number of hydrogen-bond acceptors (Lipinski definition) is 19. The fraction of sp³-hybridized carbons (Fsp3) is 0.340. The van der Waals surface area contributed by atoms with Gasteiger partial charge in [-0.1, -0.05) is 52.9 Å². The second kappa shape index (κ2) is 37.0. The molecule has 0 spiro atoms. The van der Waals surface area contributed by atoms with Crippen LogP contribution in [0.1, 0.15) is 82.9 Å². The van der Waals surface area contributed by atoms with Gasteiger partial charge in [-0.25, -0.2) is 29.9 Å². The van der Waals surface area contributed by atoms with Crippen molar-refractivity contribution in [3.63, 3.8) is 0 Å². The normalized spacial score (nSPS) is 9.44. The monoisotopic (exact) mass is 1160 g/mol. The number of hydrogen-bond donors (Lipinski definition) is 0. The Balaban J connectivity index is 0.000000400. The third kappa shape index (κ3) is 33.7. The van der Waals surface area contributed by atoms with Crippen molar-refractivity contribution in [3.05, 3.63) is 173 Å². The van der Waals surface area contributed by atoms with Crippen molar-refractivity contribution < 1.29 is 17.7 Å². The Morgan fingerprint density at radius 1 is 0.653 bits per heavy atom. The van der Waals surface area contributed by atoms with E-state index in [-0.39, 0.29) is 5.35 Å². The lowest BCUT2D eigenvalue weighted by Gasteiger charge is -1.86. The molecule has 0 amide bonds. The topological polar surface area (TPSA) is 186 Å². The highest BCUT2D eigenvalue weighted by Crippen LogP contribution is 2.20. The van der Waals surface area contributed by atoms with Gasteiger partial charge in [-0.3, -0.25) is 9.67 Å².